The number of rotatable bonds is 11. The Morgan fingerprint density at radius 3 is 2.33 bits per heavy atom. The van der Waals surface area contributed by atoms with E-state index in [1.54, 1.807) is 30.3 Å². The van der Waals surface area contributed by atoms with Crippen LogP contribution in [0, 0.1) is 11.2 Å². The summed E-state index contributed by atoms with van der Waals surface area (Å²) in [5.41, 5.74) is 2.82. The predicted molar refractivity (Wildman–Crippen MR) is 145 cm³/mol. The molecule has 0 amide bonds. The normalized spacial score (nSPS) is 12.3. The summed E-state index contributed by atoms with van der Waals surface area (Å²) < 4.78 is 20.9. The van der Waals surface area contributed by atoms with Gasteiger partial charge in [-0.25, -0.2) is 4.39 Å². The highest BCUT2D eigenvalue weighted by Gasteiger charge is 2.25. The number of hydrogen-bond acceptors (Lipinski definition) is 4. The summed E-state index contributed by atoms with van der Waals surface area (Å²) in [5, 5.41) is 16.2. The molecule has 3 aromatic carbocycles. The van der Waals surface area contributed by atoms with Crippen LogP contribution in [0.2, 0.25) is 10.0 Å². The zero-order valence-electron chi connectivity index (χ0n) is 20.6. The van der Waals surface area contributed by atoms with Crippen molar-refractivity contribution in [3.63, 3.8) is 0 Å². The van der Waals surface area contributed by atoms with E-state index in [4.69, 9.17) is 33.0 Å². The fourth-order valence-corrected chi connectivity index (χ4v) is 4.06. The standard InChI is InChI=1S/C28H31Cl2FN2O3/c1-28(2,3)26(33-20-7-4-18(5-8-20)16-32-13-12-27(34)35)17-36-21-9-11-23(25(31)15-21)22-10-6-19(29)14-24(22)30/h4-11,14-15,26,32-33H,12-13,16-17H2,1-3H3,(H,34,35)/t26-/m1/s1. The molecule has 0 aliphatic heterocycles. The Labute approximate surface area is 221 Å². The molecule has 0 aliphatic rings. The second-order valence-electron chi connectivity index (χ2n) is 9.66. The highest BCUT2D eigenvalue weighted by Crippen LogP contribution is 2.34. The van der Waals surface area contributed by atoms with Crippen LogP contribution in [-0.4, -0.2) is 30.3 Å². The molecule has 0 spiro atoms. The first-order valence-corrected chi connectivity index (χ1v) is 12.4. The fraction of sp³-hybridized carbons (Fsp3) is 0.321. The average molecular weight is 533 g/mol. The van der Waals surface area contributed by atoms with Gasteiger partial charge in [-0.1, -0.05) is 62.2 Å². The molecule has 0 saturated carbocycles. The number of aliphatic carboxylic acids is 1. The Balaban J connectivity index is 1.62. The number of carboxylic acids is 1. The van der Waals surface area contributed by atoms with Crippen molar-refractivity contribution in [2.75, 3.05) is 18.5 Å². The molecule has 0 fully saturated rings. The minimum absolute atomic E-state index is 0.0505. The maximum absolute atomic E-state index is 14.9. The highest BCUT2D eigenvalue weighted by atomic mass is 35.5. The number of anilines is 1. The molecular formula is C28H31Cl2FN2O3. The van der Waals surface area contributed by atoms with Crippen LogP contribution in [0.25, 0.3) is 11.1 Å². The summed E-state index contributed by atoms with van der Waals surface area (Å²) in [7, 11) is 0. The van der Waals surface area contributed by atoms with Gasteiger partial charge in [0.15, 0.2) is 0 Å². The molecule has 3 aromatic rings. The topological polar surface area (TPSA) is 70.6 Å². The molecule has 0 aromatic heterocycles. The molecule has 1 atom stereocenters. The summed E-state index contributed by atoms with van der Waals surface area (Å²) in [6.07, 6.45) is 0.0917. The first kappa shape index (κ1) is 27.8. The molecular weight excluding hydrogens is 502 g/mol. The maximum Gasteiger partial charge on any atom is 0.304 e. The van der Waals surface area contributed by atoms with Crippen LogP contribution in [0.1, 0.15) is 32.8 Å². The van der Waals surface area contributed by atoms with E-state index in [9.17, 15) is 9.18 Å². The van der Waals surface area contributed by atoms with E-state index < -0.39 is 11.8 Å². The van der Waals surface area contributed by atoms with Crippen LogP contribution in [0.5, 0.6) is 5.75 Å². The third-order valence-electron chi connectivity index (χ3n) is 5.76. The number of carboxylic acid groups (broad SMARTS) is 1. The van der Waals surface area contributed by atoms with E-state index in [0.29, 0.717) is 46.6 Å². The van der Waals surface area contributed by atoms with Crippen molar-refractivity contribution in [3.05, 3.63) is 82.1 Å². The Hall–Kier alpha value is -2.80. The van der Waals surface area contributed by atoms with Crippen molar-refractivity contribution in [1.29, 1.82) is 0 Å². The smallest absolute Gasteiger partial charge is 0.304 e. The van der Waals surface area contributed by atoms with Crippen molar-refractivity contribution in [1.82, 2.24) is 5.32 Å². The third kappa shape index (κ3) is 8.12. The molecule has 0 aliphatic carbocycles. The molecule has 192 valence electrons. The van der Waals surface area contributed by atoms with E-state index in [1.807, 2.05) is 24.3 Å². The first-order chi connectivity index (χ1) is 17.0. The molecule has 36 heavy (non-hydrogen) atoms. The van der Waals surface area contributed by atoms with Gasteiger partial charge in [0.25, 0.3) is 0 Å². The lowest BCUT2D eigenvalue weighted by Crippen LogP contribution is -2.39. The molecule has 0 unspecified atom stereocenters. The molecule has 0 radical (unpaired) electrons. The van der Waals surface area contributed by atoms with E-state index in [0.717, 1.165) is 11.3 Å². The van der Waals surface area contributed by atoms with E-state index >= 15 is 0 Å². The minimum atomic E-state index is -0.817. The minimum Gasteiger partial charge on any atom is -0.491 e. The van der Waals surface area contributed by atoms with Crippen LogP contribution in [0.4, 0.5) is 10.1 Å². The number of halogens is 3. The summed E-state index contributed by atoms with van der Waals surface area (Å²) in [4.78, 5) is 10.6. The van der Waals surface area contributed by atoms with Crippen LogP contribution in [0.15, 0.2) is 60.7 Å². The molecule has 3 N–H and O–H groups in total. The molecule has 3 rings (SSSR count). The number of hydrogen-bond donors (Lipinski definition) is 3. The van der Waals surface area contributed by atoms with Gasteiger partial charge in [0.1, 0.15) is 18.2 Å². The van der Waals surface area contributed by atoms with E-state index in [1.165, 1.54) is 6.07 Å². The van der Waals surface area contributed by atoms with Gasteiger partial charge in [-0.3, -0.25) is 4.79 Å². The largest absolute Gasteiger partial charge is 0.491 e. The molecule has 0 heterocycles. The Kier molecular flexibility index (Phi) is 9.60. The quantitative estimate of drug-likeness (QED) is 0.226. The zero-order valence-corrected chi connectivity index (χ0v) is 22.1. The molecule has 0 bridgehead atoms. The Morgan fingerprint density at radius 2 is 1.72 bits per heavy atom. The summed E-state index contributed by atoms with van der Waals surface area (Å²) in [5.74, 6) is -0.813. The van der Waals surface area contributed by atoms with Gasteiger partial charge < -0.3 is 20.5 Å². The lowest BCUT2D eigenvalue weighted by molar-refractivity contribution is -0.136. The lowest BCUT2D eigenvalue weighted by atomic mass is 9.87. The lowest BCUT2D eigenvalue weighted by Gasteiger charge is -2.32. The van der Waals surface area contributed by atoms with E-state index in [-0.39, 0.29) is 17.9 Å². The summed E-state index contributed by atoms with van der Waals surface area (Å²) >= 11 is 12.2. The number of nitrogens with one attached hydrogen (secondary N) is 2. The van der Waals surface area contributed by atoms with E-state index in [2.05, 4.69) is 31.4 Å². The van der Waals surface area contributed by atoms with Crippen molar-refractivity contribution in [2.24, 2.45) is 5.41 Å². The molecule has 8 heteroatoms. The molecule has 5 nitrogen and oxygen atoms in total. The van der Waals surface area contributed by atoms with Crippen molar-refractivity contribution >= 4 is 34.9 Å². The van der Waals surface area contributed by atoms with Gasteiger partial charge in [-0.05, 0) is 47.4 Å². The maximum atomic E-state index is 14.9. The van der Waals surface area contributed by atoms with Crippen LogP contribution < -0.4 is 15.4 Å². The fourth-order valence-electron chi connectivity index (χ4n) is 3.55. The first-order valence-electron chi connectivity index (χ1n) is 11.7. The van der Waals surface area contributed by atoms with Crippen LogP contribution in [0.3, 0.4) is 0 Å². The van der Waals surface area contributed by atoms with Gasteiger partial charge in [-0.15, -0.1) is 0 Å². The zero-order chi connectivity index (χ0) is 26.3. The predicted octanol–water partition coefficient (Wildman–Crippen LogP) is 7.27. The number of ether oxygens (including phenoxy) is 1. The second kappa shape index (κ2) is 12.4. The molecule has 0 saturated heterocycles. The van der Waals surface area contributed by atoms with Gasteiger partial charge in [-0.2, -0.15) is 0 Å². The second-order valence-corrected chi connectivity index (χ2v) is 10.5. The summed E-state index contributed by atoms with van der Waals surface area (Å²) in [6.45, 7) is 7.70. The number of carbonyl (C=O) groups is 1. The van der Waals surface area contributed by atoms with Gasteiger partial charge in [0.05, 0.1) is 12.5 Å². The van der Waals surface area contributed by atoms with Crippen molar-refractivity contribution in [3.8, 4) is 16.9 Å². The van der Waals surface area contributed by atoms with Crippen molar-refractivity contribution in [2.45, 2.75) is 39.8 Å². The SMILES string of the molecule is CC(C)(C)[C@@H](COc1ccc(-c2ccc(Cl)cc2Cl)c(F)c1)Nc1ccc(CNCCC(=O)O)cc1. The van der Waals surface area contributed by atoms with Crippen molar-refractivity contribution < 1.29 is 19.0 Å². The Morgan fingerprint density at radius 1 is 1.03 bits per heavy atom. The highest BCUT2D eigenvalue weighted by molar-refractivity contribution is 6.36. The number of benzene rings is 3. The monoisotopic (exact) mass is 532 g/mol. The van der Waals surface area contributed by atoms with Gasteiger partial charge in [0.2, 0.25) is 0 Å². The van der Waals surface area contributed by atoms with Crippen LogP contribution in [-0.2, 0) is 11.3 Å². The third-order valence-corrected chi connectivity index (χ3v) is 6.31. The van der Waals surface area contributed by atoms with Gasteiger partial charge >= 0.3 is 5.97 Å². The average Bonchev–Trinajstić information content (AvgIpc) is 2.80. The van der Waals surface area contributed by atoms with Crippen LogP contribution >= 0.6 is 23.2 Å². The summed E-state index contributed by atoms with van der Waals surface area (Å²) in [6, 6.07) is 17.6. The van der Waals surface area contributed by atoms with Gasteiger partial charge in [0, 0.05) is 46.0 Å². The Bertz CT molecular complexity index is 1180.